The molecule has 1 saturated carbocycles. The zero-order valence-corrected chi connectivity index (χ0v) is 17.0. The second kappa shape index (κ2) is 7.18. The van der Waals surface area contributed by atoms with Gasteiger partial charge in [-0.1, -0.05) is 13.8 Å². The fraction of sp³-hybridized carbons (Fsp3) is 0.632. The molecule has 7 heteroatoms. The number of halogens is 1. The van der Waals surface area contributed by atoms with Crippen LogP contribution in [0.4, 0.5) is 0 Å². The van der Waals surface area contributed by atoms with Crippen molar-refractivity contribution >= 4 is 27.7 Å². The van der Waals surface area contributed by atoms with Gasteiger partial charge in [0.05, 0.1) is 10.6 Å². The molecule has 6 nitrogen and oxygen atoms in total. The number of aryl methyl sites for hydroxylation is 1. The summed E-state index contributed by atoms with van der Waals surface area (Å²) in [4.78, 5) is 38.3. The molecule has 1 aromatic heterocycles. The fourth-order valence-electron chi connectivity index (χ4n) is 3.73. The summed E-state index contributed by atoms with van der Waals surface area (Å²) in [6, 6.07) is 1.44. The Kier molecular flexibility index (Phi) is 5.28. The van der Waals surface area contributed by atoms with Gasteiger partial charge in [-0.3, -0.25) is 19.3 Å². The fourth-order valence-corrected chi connectivity index (χ4v) is 4.24. The molecule has 1 aromatic rings. The molecule has 0 N–H and O–H groups in total. The van der Waals surface area contributed by atoms with Gasteiger partial charge in [-0.2, -0.15) is 0 Å². The summed E-state index contributed by atoms with van der Waals surface area (Å²) in [5, 5.41) is 0. The third kappa shape index (κ3) is 3.72. The average molecular weight is 425 g/mol. The lowest BCUT2D eigenvalue weighted by Crippen LogP contribution is -2.54. The summed E-state index contributed by atoms with van der Waals surface area (Å²) < 4.78 is 8.23. The van der Waals surface area contributed by atoms with E-state index in [9.17, 15) is 14.4 Å². The first-order chi connectivity index (χ1) is 12.2. The number of nitrogens with zero attached hydrogens (tertiary/aromatic N) is 2. The number of hydrogen-bond acceptors (Lipinski definition) is 4. The molecule has 0 spiro atoms. The summed E-state index contributed by atoms with van der Waals surface area (Å²) in [5.41, 5.74) is -0.584. The lowest BCUT2D eigenvalue weighted by atomic mass is 9.80. The van der Waals surface area contributed by atoms with Crippen molar-refractivity contribution in [2.45, 2.75) is 64.5 Å². The van der Waals surface area contributed by atoms with E-state index in [-0.39, 0.29) is 29.5 Å². The minimum absolute atomic E-state index is 0.0161. The number of imide groups is 1. The molecule has 3 rings (SSSR count). The third-order valence-corrected chi connectivity index (χ3v) is 6.07. The first kappa shape index (κ1) is 19.1. The van der Waals surface area contributed by atoms with Crippen LogP contribution in [-0.4, -0.2) is 33.4 Å². The number of likely N-dealkylation sites (tertiary alicyclic amines) is 1. The molecule has 0 radical (unpaired) electrons. The molecule has 0 aromatic carbocycles. The highest BCUT2D eigenvalue weighted by molar-refractivity contribution is 9.10. The van der Waals surface area contributed by atoms with Gasteiger partial charge in [0.2, 0.25) is 11.8 Å². The van der Waals surface area contributed by atoms with Crippen molar-refractivity contribution in [2.75, 3.05) is 0 Å². The first-order valence-electron chi connectivity index (χ1n) is 9.08. The van der Waals surface area contributed by atoms with Gasteiger partial charge in [-0.25, -0.2) is 0 Å². The van der Waals surface area contributed by atoms with E-state index in [1.807, 2.05) is 13.8 Å². The Hall–Kier alpha value is -1.63. The number of ether oxygens (including phenoxy) is 1. The number of amides is 2. The van der Waals surface area contributed by atoms with Crippen LogP contribution < -0.4 is 10.3 Å². The molecule has 1 aliphatic heterocycles. The molecule has 0 atom stereocenters. The van der Waals surface area contributed by atoms with Crippen LogP contribution in [0.25, 0.3) is 0 Å². The summed E-state index contributed by atoms with van der Waals surface area (Å²) in [6.07, 6.45) is 5.72. The Morgan fingerprint density at radius 2 is 1.81 bits per heavy atom. The lowest BCUT2D eigenvalue weighted by Gasteiger charge is -2.42. The van der Waals surface area contributed by atoms with E-state index in [0.717, 1.165) is 30.2 Å². The van der Waals surface area contributed by atoms with Gasteiger partial charge < -0.3 is 9.30 Å². The summed E-state index contributed by atoms with van der Waals surface area (Å²) in [6.45, 7) is 3.83. The minimum Gasteiger partial charge on any atom is -0.489 e. The van der Waals surface area contributed by atoms with Crippen molar-refractivity contribution in [1.29, 1.82) is 0 Å². The number of carbonyl (C=O) groups excluding carboxylic acids is 2. The largest absolute Gasteiger partial charge is 0.489 e. The predicted molar refractivity (Wildman–Crippen MR) is 101 cm³/mol. The maximum absolute atomic E-state index is 12.7. The van der Waals surface area contributed by atoms with Gasteiger partial charge >= 0.3 is 0 Å². The van der Waals surface area contributed by atoms with E-state index in [1.165, 1.54) is 15.5 Å². The Labute approximate surface area is 161 Å². The van der Waals surface area contributed by atoms with Gasteiger partial charge in [0, 0.05) is 37.2 Å². The molecule has 2 fully saturated rings. The van der Waals surface area contributed by atoms with Crippen molar-refractivity contribution in [1.82, 2.24) is 9.47 Å². The molecule has 1 saturated heterocycles. The Balaban J connectivity index is 1.64. The third-order valence-electron chi connectivity index (χ3n) is 5.48. The molecular formula is C19H25BrN2O4. The Morgan fingerprint density at radius 1 is 1.15 bits per heavy atom. The molecule has 2 amide bonds. The van der Waals surface area contributed by atoms with Crippen LogP contribution in [-0.2, 0) is 16.6 Å². The smallest absolute Gasteiger partial charge is 0.254 e. The van der Waals surface area contributed by atoms with E-state index in [0.29, 0.717) is 18.6 Å². The van der Waals surface area contributed by atoms with E-state index in [2.05, 4.69) is 15.9 Å². The zero-order chi connectivity index (χ0) is 19.1. The second-order valence-electron chi connectivity index (χ2n) is 7.94. The van der Waals surface area contributed by atoms with E-state index >= 15 is 0 Å². The Morgan fingerprint density at radius 3 is 2.46 bits per heavy atom. The number of hydrogen-bond donors (Lipinski definition) is 0. The summed E-state index contributed by atoms with van der Waals surface area (Å²) in [7, 11) is 1.69. The second-order valence-corrected chi connectivity index (χ2v) is 8.79. The van der Waals surface area contributed by atoms with Gasteiger partial charge in [-0.05, 0) is 48.0 Å². The van der Waals surface area contributed by atoms with Crippen LogP contribution in [0.3, 0.4) is 0 Å². The highest BCUT2D eigenvalue weighted by atomic mass is 79.9. The van der Waals surface area contributed by atoms with Crippen LogP contribution in [0.5, 0.6) is 5.75 Å². The van der Waals surface area contributed by atoms with Crippen molar-refractivity contribution in [3.8, 4) is 5.75 Å². The normalized spacial score (nSPS) is 26.1. The van der Waals surface area contributed by atoms with Crippen LogP contribution in [0.15, 0.2) is 21.5 Å². The monoisotopic (exact) mass is 424 g/mol. The molecule has 142 valence electrons. The molecule has 2 aliphatic rings. The van der Waals surface area contributed by atoms with Crippen molar-refractivity contribution in [3.63, 3.8) is 0 Å². The van der Waals surface area contributed by atoms with Gasteiger partial charge in [0.25, 0.3) is 5.56 Å². The van der Waals surface area contributed by atoms with Crippen molar-refractivity contribution < 1.29 is 14.3 Å². The van der Waals surface area contributed by atoms with E-state index in [1.54, 1.807) is 13.2 Å². The molecule has 2 heterocycles. The zero-order valence-electron chi connectivity index (χ0n) is 15.5. The van der Waals surface area contributed by atoms with E-state index in [4.69, 9.17) is 4.74 Å². The molecule has 26 heavy (non-hydrogen) atoms. The summed E-state index contributed by atoms with van der Waals surface area (Å²) in [5.74, 6) is 0.447. The molecule has 0 unspecified atom stereocenters. The van der Waals surface area contributed by atoms with E-state index < -0.39 is 5.41 Å². The number of aromatic nitrogens is 1. The quantitative estimate of drug-likeness (QED) is 0.699. The van der Waals surface area contributed by atoms with Gasteiger partial charge in [0.1, 0.15) is 5.75 Å². The average Bonchev–Trinajstić information content (AvgIpc) is 2.58. The highest BCUT2D eigenvalue weighted by Gasteiger charge is 2.44. The molecular weight excluding hydrogens is 400 g/mol. The first-order valence-corrected chi connectivity index (χ1v) is 9.87. The lowest BCUT2D eigenvalue weighted by molar-refractivity contribution is -0.160. The maximum atomic E-state index is 12.7. The highest BCUT2D eigenvalue weighted by Crippen LogP contribution is 2.36. The predicted octanol–water partition coefficient (Wildman–Crippen LogP) is 3.01. The van der Waals surface area contributed by atoms with Crippen LogP contribution in [0, 0.1) is 5.41 Å². The van der Waals surface area contributed by atoms with Crippen molar-refractivity contribution in [3.05, 3.63) is 27.1 Å². The van der Waals surface area contributed by atoms with Gasteiger partial charge in [-0.15, -0.1) is 0 Å². The topological polar surface area (TPSA) is 68.6 Å². The van der Waals surface area contributed by atoms with Crippen molar-refractivity contribution in [2.24, 2.45) is 12.5 Å². The minimum atomic E-state index is -0.462. The SMILES string of the molecule is Cn1cc(Br)c(O[C@H]2CC[C@H](N3C(=O)CCC(C)(C)C3=O)CC2)cc1=O. The standard InChI is InChI=1S/C19H25BrN2O4/c1-19(2)9-8-16(23)22(18(19)25)12-4-6-13(7-5-12)26-15-10-17(24)21(3)11-14(15)20/h10-13H,4-9H2,1-3H3/t12-,13-. The van der Waals surface area contributed by atoms with Crippen LogP contribution >= 0.6 is 15.9 Å². The molecule has 1 aliphatic carbocycles. The number of carbonyl (C=O) groups is 2. The van der Waals surface area contributed by atoms with Gasteiger partial charge in [0.15, 0.2) is 0 Å². The number of piperidine rings is 1. The maximum Gasteiger partial charge on any atom is 0.254 e. The number of pyridine rings is 1. The van der Waals surface area contributed by atoms with Crippen LogP contribution in [0.1, 0.15) is 52.4 Å². The number of rotatable bonds is 3. The van der Waals surface area contributed by atoms with Crippen LogP contribution in [0.2, 0.25) is 0 Å². The summed E-state index contributed by atoms with van der Waals surface area (Å²) >= 11 is 3.43. The molecule has 0 bridgehead atoms. The Bertz CT molecular complexity index is 778.